The number of amides is 1. The van der Waals surface area contributed by atoms with Crippen LogP contribution in [-0.2, 0) is 16.1 Å². The number of ether oxygens (including phenoxy) is 1. The predicted octanol–water partition coefficient (Wildman–Crippen LogP) is 3.78. The van der Waals surface area contributed by atoms with E-state index in [1.54, 1.807) is 24.3 Å². The molecule has 5 nitrogen and oxygen atoms in total. The Balaban J connectivity index is 1.98. The lowest BCUT2D eigenvalue weighted by atomic mass is 10.0. The van der Waals surface area contributed by atoms with Gasteiger partial charge in [0.2, 0.25) is 0 Å². The van der Waals surface area contributed by atoms with Crippen molar-refractivity contribution in [1.29, 1.82) is 0 Å². The highest BCUT2D eigenvalue weighted by Crippen LogP contribution is 2.19. The number of nitrogens with one attached hydrogen (secondary N) is 1. The fraction of sp³-hybridized carbons (Fsp3) is 0.176. The lowest BCUT2D eigenvalue weighted by Crippen LogP contribution is -2.30. The first-order chi connectivity index (χ1) is 11.0. The van der Waals surface area contributed by atoms with Crippen LogP contribution in [0.3, 0.4) is 0 Å². The summed E-state index contributed by atoms with van der Waals surface area (Å²) in [7, 11) is 0. The molecular formula is C17H16ClNO4. The van der Waals surface area contributed by atoms with E-state index in [0.29, 0.717) is 10.6 Å². The van der Waals surface area contributed by atoms with E-state index in [1.165, 1.54) is 0 Å². The molecule has 0 aliphatic heterocycles. The van der Waals surface area contributed by atoms with Crippen molar-refractivity contribution >= 4 is 23.7 Å². The molecule has 0 saturated carbocycles. The van der Waals surface area contributed by atoms with Crippen molar-refractivity contribution in [2.24, 2.45) is 0 Å². The normalized spacial score (nSPS) is 11.5. The van der Waals surface area contributed by atoms with Crippen molar-refractivity contribution in [1.82, 2.24) is 5.32 Å². The zero-order chi connectivity index (χ0) is 16.7. The second kappa shape index (κ2) is 8.19. The van der Waals surface area contributed by atoms with Gasteiger partial charge in [-0.3, -0.25) is 4.79 Å². The number of carboxylic acid groups (broad SMARTS) is 1. The number of benzene rings is 2. The molecule has 0 heterocycles. The fourth-order valence-corrected chi connectivity index (χ4v) is 2.15. The summed E-state index contributed by atoms with van der Waals surface area (Å²) < 4.78 is 5.12. The average Bonchev–Trinajstić information content (AvgIpc) is 2.53. The minimum Gasteiger partial charge on any atom is -0.481 e. The van der Waals surface area contributed by atoms with Crippen LogP contribution < -0.4 is 5.32 Å². The molecule has 0 aliphatic rings. The third-order valence-electron chi connectivity index (χ3n) is 3.16. The molecule has 0 spiro atoms. The summed E-state index contributed by atoms with van der Waals surface area (Å²) in [5.41, 5.74) is 1.50. The smallest absolute Gasteiger partial charge is 0.407 e. The first-order valence-electron chi connectivity index (χ1n) is 6.99. The van der Waals surface area contributed by atoms with Gasteiger partial charge in [0.1, 0.15) is 6.61 Å². The van der Waals surface area contributed by atoms with Crippen LogP contribution in [0.4, 0.5) is 4.79 Å². The Kier molecular flexibility index (Phi) is 6.00. The molecule has 120 valence electrons. The molecule has 0 saturated heterocycles. The van der Waals surface area contributed by atoms with Crippen LogP contribution in [0.5, 0.6) is 0 Å². The maximum Gasteiger partial charge on any atom is 0.407 e. The van der Waals surface area contributed by atoms with Crippen molar-refractivity contribution in [3.8, 4) is 0 Å². The summed E-state index contributed by atoms with van der Waals surface area (Å²) in [5.74, 6) is -1.02. The second-order valence-corrected chi connectivity index (χ2v) is 5.34. The standard InChI is InChI=1S/C17H16ClNO4/c18-14-8-6-13(7-9-14)15(10-16(20)21)19-17(22)23-11-12-4-2-1-3-5-12/h1-9,15H,10-11H2,(H,19,22)(H,20,21)/t15-/m0/s1. The number of rotatable bonds is 6. The summed E-state index contributed by atoms with van der Waals surface area (Å²) in [6.45, 7) is 0.118. The SMILES string of the molecule is O=C(O)C[C@H](NC(=O)OCc1ccccc1)c1ccc(Cl)cc1. The fourth-order valence-electron chi connectivity index (χ4n) is 2.03. The highest BCUT2D eigenvalue weighted by Gasteiger charge is 2.18. The van der Waals surface area contributed by atoms with Crippen LogP contribution in [0.25, 0.3) is 0 Å². The van der Waals surface area contributed by atoms with Crippen LogP contribution in [-0.4, -0.2) is 17.2 Å². The Morgan fingerprint density at radius 1 is 1.09 bits per heavy atom. The zero-order valence-electron chi connectivity index (χ0n) is 12.2. The van der Waals surface area contributed by atoms with Crippen LogP contribution >= 0.6 is 11.6 Å². The largest absolute Gasteiger partial charge is 0.481 e. The topological polar surface area (TPSA) is 75.6 Å². The molecule has 2 aromatic carbocycles. The van der Waals surface area contributed by atoms with Crippen LogP contribution in [0.1, 0.15) is 23.6 Å². The monoisotopic (exact) mass is 333 g/mol. The van der Waals surface area contributed by atoms with E-state index < -0.39 is 18.1 Å². The van der Waals surface area contributed by atoms with Gasteiger partial charge in [-0.1, -0.05) is 54.1 Å². The number of alkyl carbamates (subject to hydrolysis) is 1. The lowest BCUT2D eigenvalue weighted by Gasteiger charge is -2.17. The van der Waals surface area contributed by atoms with Gasteiger partial charge in [0.25, 0.3) is 0 Å². The molecule has 1 amide bonds. The van der Waals surface area contributed by atoms with Gasteiger partial charge in [-0.05, 0) is 23.3 Å². The highest BCUT2D eigenvalue weighted by molar-refractivity contribution is 6.30. The molecule has 0 aliphatic carbocycles. The summed E-state index contributed by atoms with van der Waals surface area (Å²) >= 11 is 5.82. The van der Waals surface area contributed by atoms with Gasteiger partial charge in [0.15, 0.2) is 0 Å². The Bertz CT molecular complexity index is 658. The van der Waals surface area contributed by atoms with E-state index in [4.69, 9.17) is 21.4 Å². The van der Waals surface area contributed by atoms with Crippen molar-refractivity contribution in [2.45, 2.75) is 19.1 Å². The van der Waals surface area contributed by atoms with E-state index in [0.717, 1.165) is 5.56 Å². The molecule has 0 unspecified atom stereocenters. The van der Waals surface area contributed by atoms with Crippen molar-refractivity contribution in [3.05, 3.63) is 70.7 Å². The van der Waals surface area contributed by atoms with Crippen LogP contribution in [0, 0.1) is 0 Å². The first kappa shape index (κ1) is 16.8. The van der Waals surface area contributed by atoms with E-state index >= 15 is 0 Å². The molecule has 2 N–H and O–H groups in total. The Morgan fingerprint density at radius 2 is 1.74 bits per heavy atom. The summed E-state index contributed by atoms with van der Waals surface area (Å²) in [4.78, 5) is 22.9. The van der Waals surface area contributed by atoms with Gasteiger partial charge in [0, 0.05) is 5.02 Å². The number of aliphatic carboxylic acids is 1. The van der Waals surface area contributed by atoms with E-state index in [9.17, 15) is 9.59 Å². The minimum absolute atomic E-state index is 0.118. The van der Waals surface area contributed by atoms with Crippen molar-refractivity contribution in [2.75, 3.05) is 0 Å². The number of carbonyl (C=O) groups is 2. The molecular weight excluding hydrogens is 318 g/mol. The third-order valence-corrected chi connectivity index (χ3v) is 3.41. The molecule has 2 rings (SSSR count). The number of carbonyl (C=O) groups excluding carboxylic acids is 1. The average molecular weight is 334 g/mol. The zero-order valence-corrected chi connectivity index (χ0v) is 13.0. The van der Waals surface area contributed by atoms with Crippen LogP contribution in [0.15, 0.2) is 54.6 Å². The number of carboxylic acids is 1. The summed E-state index contributed by atoms with van der Waals surface area (Å²) in [5, 5.41) is 12.1. The van der Waals surface area contributed by atoms with Crippen molar-refractivity contribution in [3.63, 3.8) is 0 Å². The van der Waals surface area contributed by atoms with Gasteiger partial charge in [-0.25, -0.2) is 4.79 Å². The molecule has 6 heteroatoms. The molecule has 1 atom stereocenters. The Labute approximate surface area is 138 Å². The first-order valence-corrected chi connectivity index (χ1v) is 7.37. The van der Waals surface area contributed by atoms with Crippen molar-refractivity contribution < 1.29 is 19.4 Å². The molecule has 0 radical (unpaired) electrons. The highest BCUT2D eigenvalue weighted by atomic mass is 35.5. The lowest BCUT2D eigenvalue weighted by molar-refractivity contribution is -0.137. The van der Waals surface area contributed by atoms with Gasteiger partial charge < -0.3 is 15.2 Å². The molecule has 23 heavy (non-hydrogen) atoms. The summed E-state index contributed by atoms with van der Waals surface area (Å²) in [6.07, 6.45) is -0.919. The van der Waals surface area contributed by atoms with E-state index in [1.807, 2.05) is 30.3 Å². The second-order valence-electron chi connectivity index (χ2n) is 4.91. The minimum atomic E-state index is -1.02. The van der Waals surface area contributed by atoms with Gasteiger partial charge in [-0.15, -0.1) is 0 Å². The number of hydrogen-bond acceptors (Lipinski definition) is 3. The van der Waals surface area contributed by atoms with E-state index in [2.05, 4.69) is 5.32 Å². The van der Waals surface area contributed by atoms with Gasteiger partial charge >= 0.3 is 12.1 Å². The van der Waals surface area contributed by atoms with Gasteiger partial charge in [-0.2, -0.15) is 0 Å². The Hall–Kier alpha value is -2.53. The van der Waals surface area contributed by atoms with E-state index in [-0.39, 0.29) is 13.0 Å². The number of halogens is 1. The molecule has 0 fully saturated rings. The van der Waals surface area contributed by atoms with Crippen LogP contribution in [0.2, 0.25) is 5.02 Å². The quantitative estimate of drug-likeness (QED) is 0.843. The molecule has 2 aromatic rings. The maximum absolute atomic E-state index is 11.9. The number of hydrogen-bond donors (Lipinski definition) is 2. The molecule has 0 bridgehead atoms. The Morgan fingerprint density at radius 3 is 2.35 bits per heavy atom. The maximum atomic E-state index is 11.9. The predicted molar refractivity (Wildman–Crippen MR) is 86.2 cm³/mol. The summed E-state index contributed by atoms with van der Waals surface area (Å²) in [6, 6.07) is 15.2. The third kappa shape index (κ3) is 5.64. The molecule has 0 aromatic heterocycles. The van der Waals surface area contributed by atoms with Gasteiger partial charge in [0.05, 0.1) is 12.5 Å².